The second kappa shape index (κ2) is 21.5. The average molecular weight is 984 g/mol. The Morgan fingerprint density at radius 3 is 2.44 bits per heavy atom. The molecule has 4 amide bonds. The molecule has 6 bridgehead atoms. The zero-order valence-corrected chi connectivity index (χ0v) is 42.9. The number of carbonyl (C=O) groups is 5. The number of rotatable bonds is 10. The van der Waals surface area contributed by atoms with E-state index >= 15 is 0 Å². The first-order chi connectivity index (χ1) is 34.4. The summed E-state index contributed by atoms with van der Waals surface area (Å²) in [5, 5.41) is 16.8. The van der Waals surface area contributed by atoms with Gasteiger partial charge in [0, 0.05) is 68.3 Å². The maximum absolute atomic E-state index is 14.9. The maximum Gasteiger partial charge on any atom is 0.410 e. The number of esters is 1. The number of ether oxygens (including phenoxy) is 3. The van der Waals surface area contributed by atoms with Crippen LogP contribution in [0.2, 0.25) is 0 Å². The summed E-state index contributed by atoms with van der Waals surface area (Å²) >= 11 is 0. The van der Waals surface area contributed by atoms with Crippen molar-refractivity contribution in [3.63, 3.8) is 0 Å². The summed E-state index contributed by atoms with van der Waals surface area (Å²) in [5.74, 6) is -2.97. The van der Waals surface area contributed by atoms with Gasteiger partial charge < -0.3 is 39.0 Å². The number of carbonyl (C=O) groups excluding carboxylic acids is 5. The van der Waals surface area contributed by atoms with Crippen molar-refractivity contribution in [2.24, 2.45) is 17.3 Å². The first kappa shape index (κ1) is 51.6. The zero-order valence-electron chi connectivity index (χ0n) is 42.9. The van der Waals surface area contributed by atoms with E-state index in [1.54, 1.807) is 37.4 Å². The van der Waals surface area contributed by atoms with E-state index in [1.807, 2.05) is 69.3 Å². The summed E-state index contributed by atoms with van der Waals surface area (Å²) in [6, 6.07) is 21.1. The van der Waals surface area contributed by atoms with Gasteiger partial charge in [-0.3, -0.25) is 29.2 Å². The Kier molecular flexibility index (Phi) is 15.4. The number of likely N-dealkylation sites (N-methyl/N-ethyl adjacent to an activating group) is 1. The quantitative estimate of drug-likeness (QED) is 0.116. The van der Waals surface area contributed by atoms with E-state index in [0.717, 1.165) is 44.5 Å². The Morgan fingerprint density at radius 2 is 1.74 bits per heavy atom. The number of nitrogens with zero attached hydrogens (tertiary/aromatic N) is 5. The normalized spacial score (nSPS) is 21.2. The van der Waals surface area contributed by atoms with Gasteiger partial charge in [0.2, 0.25) is 11.8 Å². The van der Waals surface area contributed by atoms with Crippen LogP contribution < -0.4 is 10.7 Å². The molecule has 16 heteroatoms. The first-order valence-electron chi connectivity index (χ1n) is 25.1. The van der Waals surface area contributed by atoms with E-state index in [1.165, 1.54) is 17.0 Å². The van der Waals surface area contributed by atoms with Crippen molar-refractivity contribution in [3.8, 4) is 28.1 Å². The number of fused-ring (bicyclic) bond motifs is 6. The monoisotopic (exact) mass is 984 g/mol. The third-order valence-electron chi connectivity index (χ3n) is 14.6. The summed E-state index contributed by atoms with van der Waals surface area (Å²) in [6.07, 6.45) is 2.70. The molecule has 2 aromatic heterocycles. The van der Waals surface area contributed by atoms with Gasteiger partial charge in [-0.1, -0.05) is 70.2 Å². The number of aromatic hydroxyl groups is 1. The van der Waals surface area contributed by atoms with Crippen molar-refractivity contribution < 1.29 is 43.3 Å². The number of aryl methyl sites for hydroxylation is 1. The zero-order chi connectivity index (χ0) is 51.6. The second-order valence-corrected chi connectivity index (χ2v) is 20.6. The van der Waals surface area contributed by atoms with Crippen LogP contribution in [-0.2, 0) is 52.8 Å². The van der Waals surface area contributed by atoms with Gasteiger partial charge in [0.1, 0.15) is 23.9 Å². The maximum atomic E-state index is 14.9. The Labute approximate surface area is 422 Å². The van der Waals surface area contributed by atoms with Crippen molar-refractivity contribution in [1.82, 2.24) is 35.1 Å². The summed E-state index contributed by atoms with van der Waals surface area (Å²) in [5.41, 5.74) is 10.2. The van der Waals surface area contributed by atoms with E-state index in [9.17, 15) is 29.1 Å². The Hall–Kier alpha value is -6.78. The molecule has 2 saturated heterocycles. The fourth-order valence-electron chi connectivity index (χ4n) is 11.1. The largest absolute Gasteiger partial charge is 0.508 e. The minimum absolute atomic E-state index is 0.0221. The van der Waals surface area contributed by atoms with E-state index < -0.39 is 65.3 Å². The average Bonchev–Trinajstić information content (AvgIpc) is 3.95. The lowest BCUT2D eigenvalue weighted by Gasteiger charge is -2.37. The molecular weight excluding hydrogens is 915 g/mol. The molecule has 0 radical (unpaired) electrons. The molecule has 1 unspecified atom stereocenters. The minimum Gasteiger partial charge on any atom is -0.508 e. The molecule has 3 aliphatic rings. The highest BCUT2D eigenvalue weighted by Gasteiger charge is 2.46. The number of benzene rings is 3. The summed E-state index contributed by atoms with van der Waals surface area (Å²) in [7, 11) is 4.56. The minimum atomic E-state index is -1.20. The van der Waals surface area contributed by atoms with E-state index in [2.05, 4.69) is 54.3 Å². The van der Waals surface area contributed by atoms with Gasteiger partial charge in [0.15, 0.2) is 0 Å². The van der Waals surface area contributed by atoms with Crippen LogP contribution in [0.1, 0.15) is 95.3 Å². The fourth-order valence-corrected chi connectivity index (χ4v) is 11.1. The van der Waals surface area contributed by atoms with Crippen LogP contribution in [0.3, 0.4) is 0 Å². The van der Waals surface area contributed by atoms with Crippen LogP contribution in [0.5, 0.6) is 5.75 Å². The number of nitrogens with one attached hydrogen (secondary N) is 2. The fraction of sp³-hybridized carbons (Fsp3) is 0.464. The van der Waals surface area contributed by atoms with Crippen molar-refractivity contribution in [3.05, 3.63) is 107 Å². The smallest absolute Gasteiger partial charge is 0.410 e. The number of aromatic nitrogens is 2. The van der Waals surface area contributed by atoms with Crippen molar-refractivity contribution in [2.75, 3.05) is 41.0 Å². The van der Waals surface area contributed by atoms with E-state index in [-0.39, 0.29) is 43.9 Å². The first-order valence-corrected chi connectivity index (χ1v) is 25.1. The number of phenolic OH excluding ortho intramolecular Hbond substituents is 1. The summed E-state index contributed by atoms with van der Waals surface area (Å²) in [6.45, 7) is 13.2. The summed E-state index contributed by atoms with van der Waals surface area (Å²) in [4.78, 5) is 79.2. The number of hydrogen-bond donors (Lipinski definition) is 3. The lowest BCUT2D eigenvalue weighted by molar-refractivity contribution is -0.155. The number of hydrogen-bond acceptors (Lipinski definition) is 11. The van der Waals surface area contributed by atoms with Crippen molar-refractivity contribution in [2.45, 2.75) is 110 Å². The SMILES string of the molecule is CCn1c(-c2cccnc2[C@H](C)OC)c2c3cc(ccc31)-c1cc(O)cc(c1)C[C@H](NC(=O)C(C(C)C)N(C)C(=O)[C@@H]1CCN(C(=O)OC)[C@@H]1c1ccccc1)C(=O)N1CCC[C@H](N1)C(=O)OCC(C)(C)C2. The molecule has 382 valence electrons. The predicted molar refractivity (Wildman–Crippen MR) is 273 cm³/mol. The van der Waals surface area contributed by atoms with Gasteiger partial charge in [-0.05, 0) is 110 Å². The number of hydrazine groups is 1. The molecule has 8 rings (SSSR count). The molecule has 5 heterocycles. The highest BCUT2D eigenvalue weighted by molar-refractivity contribution is 5.96. The number of methoxy groups -OCH3 is 2. The number of amides is 4. The van der Waals surface area contributed by atoms with Crippen LogP contribution in [0.4, 0.5) is 4.79 Å². The highest BCUT2D eigenvalue weighted by atomic mass is 16.5. The van der Waals surface area contributed by atoms with Gasteiger partial charge in [-0.15, -0.1) is 0 Å². The molecule has 72 heavy (non-hydrogen) atoms. The molecule has 3 N–H and O–H groups in total. The predicted octanol–water partition coefficient (Wildman–Crippen LogP) is 7.76. The van der Waals surface area contributed by atoms with E-state index in [4.69, 9.17) is 19.2 Å². The lowest BCUT2D eigenvalue weighted by Crippen LogP contribution is -2.62. The van der Waals surface area contributed by atoms with E-state index in [0.29, 0.717) is 43.4 Å². The molecule has 3 aliphatic heterocycles. The molecule has 3 aromatic carbocycles. The van der Waals surface area contributed by atoms with Crippen LogP contribution in [0.25, 0.3) is 33.3 Å². The number of phenols is 1. The Bertz CT molecular complexity index is 2830. The molecular formula is C56H69N7O9. The number of likely N-dealkylation sites (tertiary alicyclic amines) is 1. The van der Waals surface area contributed by atoms with Gasteiger partial charge in [0.05, 0.1) is 43.2 Å². The van der Waals surface area contributed by atoms with Crippen LogP contribution in [-0.4, -0.2) is 118 Å². The molecule has 0 spiro atoms. The lowest BCUT2D eigenvalue weighted by atomic mass is 9.84. The van der Waals surface area contributed by atoms with Gasteiger partial charge in [-0.25, -0.2) is 10.2 Å². The van der Waals surface area contributed by atoms with Gasteiger partial charge in [-0.2, -0.15) is 0 Å². The second-order valence-electron chi connectivity index (χ2n) is 20.6. The van der Waals surface area contributed by atoms with Gasteiger partial charge >= 0.3 is 12.1 Å². The Balaban J connectivity index is 1.19. The molecule has 16 nitrogen and oxygen atoms in total. The highest BCUT2D eigenvalue weighted by Crippen LogP contribution is 2.43. The molecule has 6 atom stereocenters. The Morgan fingerprint density at radius 1 is 0.972 bits per heavy atom. The number of cyclic esters (lactones) is 1. The molecule has 0 aliphatic carbocycles. The third kappa shape index (κ3) is 10.4. The standard InChI is InChI=1S/C56H69N7O9/c1-10-61-46-21-20-37-30-42(46)43(50(61)40-18-14-23-57-47(40)34(4)70-8)31-56(5,6)32-72-54(68)44-19-15-24-63(59-44)53(67)45(28-35-26-38(37)29-39(64)27-35)58-51(65)48(33(2)3)60(7)52(66)41-22-25-62(55(69)71-9)49(41)36-16-12-11-13-17-36/h11-14,16-18,20-21,23,26-27,29-30,33-34,41,44-45,48-49,59,64H,10,15,19,22,24-25,28,31-32H2,1-9H3,(H,58,65)/t34-,41+,44-,45-,48?,49+/m0/s1. The molecule has 0 saturated carbocycles. The third-order valence-corrected chi connectivity index (χ3v) is 14.6. The topological polar surface area (TPSA) is 185 Å². The van der Waals surface area contributed by atoms with Crippen LogP contribution >= 0.6 is 0 Å². The number of pyridine rings is 1. The van der Waals surface area contributed by atoms with Crippen LogP contribution in [0, 0.1) is 17.3 Å². The molecule has 2 fully saturated rings. The molecule has 5 aromatic rings. The van der Waals surface area contributed by atoms with Crippen LogP contribution in [0.15, 0.2) is 85.1 Å². The van der Waals surface area contributed by atoms with Crippen molar-refractivity contribution in [1.29, 1.82) is 0 Å². The van der Waals surface area contributed by atoms with Crippen molar-refractivity contribution >= 4 is 40.7 Å². The van der Waals surface area contributed by atoms with Gasteiger partial charge in [0.25, 0.3) is 5.91 Å². The summed E-state index contributed by atoms with van der Waals surface area (Å²) < 4.78 is 19.4.